The van der Waals surface area contributed by atoms with Crippen LogP contribution >= 0.6 is 0 Å². The van der Waals surface area contributed by atoms with Crippen molar-refractivity contribution in [3.05, 3.63) is 48.0 Å². The molecule has 1 N–H and O–H groups in total. The van der Waals surface area contributed by atoms with Crippen LogP contribution in [0.3, 0.4) is 0 Å². The van der Waals surface area contributed by atoms with Crippen molar-refractivity contribution in [3.8, 4) is 11.5 Å². The molecule has 0 aliphatic heterocycles. The molecule has 0 saturated heterocycles. The van der Waals surface area contributed by atoms with Crippen molar-refractivity contribution in [2.45, 2.75) is 13.8 Å². The van der Waals surface area contributed by atoms with E-state index in [1.165, 1.54) is 5.57 Å². The number of phenols is 1. The number of benzene rings is 2. The largest absolute Gasteiger partial charge is 0.508 e. The minimum Gasteiger partial charge on any atom is -0.508 e. The van der Waals surface area contributed by atoms with Crippen LogP contribution < -0.4 is 4.74 Å². The average molecular weight is 228 g/mol. The highest BCUT2D eigenvalue weighted by Gasteiger charge is 1.98. The molecule has 0 aromatic heterocycles. The van der Waals surface area contributed by atoms with Gasteiger partial charge in [-0.1, -0.05) is 17.7 Å². The summed E-state index contributed by atoms with van der Waals surface area (Å²) in [6, 6.07) is 11.2. The number of ether oxygens (including phenoxy) is 1. The number of aromatic hydroxyl groups is 1. The van der Waals surface area contributed by atoms with Gasteiger partial charge in [0.2, 0.25) is 0 Å². The molecule has 0 aliphatic carbocycles. The lowest BCUT2D eigenvalue weighted by atomic mass is 10.1. The molecule has 0 spiro atoms. The summed E-state index contributed by atoms with van der Waals surface area (Å²) in [7, 11) is 0. The molecule has 0 atom stereocenters. The van der Waals surface area contributed by atoms with Crippen molar-refractivity contribution >= 4 is 10.8 Å². The minimum absolute atomic E-state index is 0.277. The zero-order valence-electron chi connectivity index (χ0n) is 10.1. The molecular weight excluding hydrogens is 212 g/mol. The molecule has 0 unspecified atom stereocenters. The van der Waals surface area contributed by atoms with Crippen LogP contribution in [0.25, 0.3) is 10.8 Å². The molecule has 0 saturated carbocycles. The summed E-state index contributed by atoms with van der Waals surface area (Å²) in [5, 5.41) is 11.5. The van der Waals surface area contributed by atoms with Crippen molar-refractivity contribution < 1.29 is 9.84 Å². The summed E-state index contributed by atoms with van der Waals surface area (Å²) in [6.45, 7) is 4.66. The number of hydrogen-bond acceptors (Lipinski definition) is 2. The Kier molecular flexibility index (Phi) is 3.33. The molecule has 2 heteroatoms. The Labute approximate surface area is 101 Å². The summed E-state index contributed by atoms with van der Waals surface area (Å²) >= 11 is 0. The van der Waals surface area contributed by atoms with Gasteiger partial charge in [0.25, 0.3) is 0 Å². The van der Waals surface area contributed by atoms with E-state index in [1.54, 1.807) is 12.1 Å². The smallest absolute Gasteiger partial charge is 0.120 e. The second kappa shape index (κ2) is 4.91. The van der Waals surface area contributed by atoms with Crippen molar-refractivity contribution in [2.75, 3.05) is 6.61 Å². The van der Waals surface area contributed by atoms with Gasteiger partial charge in [0.15, 0.2) is 0 Å². The molecule has 88 valence electrons. The Morgan fingerprint density at radius 3 is 2.65 bits per heavy atom. The van der Waals surface area contributed by atoms with E-state index in [2.05, 4.69) is 0 Å². The van der Waals surface area contributed by atoms with Crippen molar-refractivity contribution in [2.24, 2.45) is 0 Å². The normalized spacial score (nSPS) is 10.2. The van der Waals surface area contributed by atoms with Gasteiger partial charge in [-0.15, -0.1) is 0 Å². The van der Waals surface area contributed by atoms with E-state index >= 15 is 0 Å². The van der Waals surface area contributed by atoms with Crippen LogP contribution in [0.5, 0.6) is 11.5 Å². The zero-order chi connectivity index (χ0) is 12.3. The molecule has 17 heavy (non-hydrogen) atoms. The van der Waals surface area contributed by atoms with E-state index < -0.39 is 0 Å². The molecule has 0 fully saturated rings. The van der Waals surface area contributed by atoms with Crippen LogP contribution in [0.2, 0.25) is 0 Å². The standard InChI is InChI=1S/C15H16O2/c1-11(2)7-8-17-15-6-4-12-3-5-14(16)9-13(12)10-15/h3-7,9-10,16H,8H2,1-2H3. The van der Waals surface area contributed by atoms with Crippen molar-refractivity contribution in [1.82, 2.24) is 0 Å². The van der Waals surface area contributed by atoms with Crippen LogP contribution in [0.1, 0.15) is 13.8 Å². The Hall–Kier alpha value is -1.96. The fourth-order valence-electron chi connectivity index (χ4n) is 1.61. The minimum atomic E-state index is 0.277. The first-order valence-electron chi connectivity index (χ1n) is 5.64. The third-order valence-corrected chi connectivity index (χ3v) is 2.54. The highest BCUT2D eigenvalue weighted by atomic mass is 16.5. The van der Waals surface area contributed by atoms with E-state index in [-0.39, 0.29) is 5.75 Å². The fraction of sp³-hybridized carbons (Fsp3) is 0.200. The third kappa shape index (κ3) is 3.00. The van der Waals surface area contributed by atoms with Crippen molar-refractivity contribution in [3.63, 3.8) is 0 Å². The Morgan fingerprint density at radius 2 is 1.88 bits per heavy atom. The number of hydrogen-bond donors (Lipinski definition) is 1. The number of phenolic OH excluding ortho intramolecular Hbond substituents is 1. The monoisotopic (exact) mass is 228 g/mol. The first-order valence-corrected chi connectivity index (χ1v) is 5.64. The van der Waals surface area contributed by atoms with Crippen molar-refractivity contribution in [1.29, 1.82) is 0 Å². The molecule has 0 aliphatic rings. The lowest BCUT2D eigenvalue weighted by Gasteiger charge is -2.05. The maximum Gasteiger partial charge on any atom is 0.120 e. The van der Waals surface area contributed by atoms with Gasteiger partial charge in [-0.05, 0) is 55.0 Å². The lowest BCUT2D eigenvalue weighted by molar-refractivity contribution is 0.362. The van der Waals surface area contributed by atoms with Gasteiger partial charge in [0, 0.05) is 0 Å². The Bertz CT molecular complexity index is 552. The SMILES string of the molecule is CC(C)=CCOc1ccc2ccc(O)cc2c1. The van der Waals surface area contributed by atoms with E-state index in [1.807, 2.05) is 44.2 Å². The number of fused-ring (bicyclic) bond motifs is 1. The fourth-order valence-corrected chi connectivity index (χ4v) is 1.61. The second-order valence-electron chi connectivity index (χ2n) is 4.29. The molecule has 0 amide bonds. The second-order valence-corrected chi connectivity index (χ2v) is 4.29. The predicted octanol–water partition coefficient (Wildman–Crippen LogP) is 3.89. The predicted molar refractivity (Wildman–Crippen MR) is 70.5 cm³/mol. The van der Waals surface area contributed by atoms with Gasteiger partial charge in [-0.2, -0.15) is 0 Å². The highest BCUT2D eigenvalue weighted by molar-refractivity contribution is 5.85. The molecule has 2 nitrogen and oxygen atoms in total. The molecule has 2 aromatic carbocycles. The van der Waals surface area contributed by atoms with E-state index in [4.69, 9.17) is 4.74 Å². The van der Waals surface area contributed by atoms with E-state index in [9.17, 15) is 5.11 Å². The maximum absolute atomic E-state index is 9.42. The summed E-state index contributed by atoms with van der Waals surface area (Å²) in [4.78, 5) is 0. The van der Waals surface area contributed by atoms with Gasteiger partial charge in [0.1, 0.15) is 18.1 Å². The summed E-state index contributed by atoms with van der Waals surface area (Å²) < 4.78 is 5.61. The van der Waals surface area contributed by atoms with Crippen LogP contribution in [0, 0.1) is 0 Å². The number of allylic oxidation sites excluding steroid dienone is 1. The molecule has 0 heterocycles. The first-order chi connectivity index (χ1) is 8.15. The molecule has 0 radical (unpaired) electrons. The average Bonchev–Trinajstić information content (AvgIpc) is 2.28. The van der Waals surface area contributed by atoms with Crippen LogP contribution in [-0.4, -0.2) is 11.7 Å². The van der Waals surface area contributed by atoms with Crippen LogP contribution in [-0.2, 0) is 0 Å². The topological polar surface area (TPSA) is 29.5 Å². The molecular formula is C15H16O2. The van der Waals surface area contributed by atoms with Gasteiger partial charge in [-0.3, -0.25) is 0 Å². The summed E-state index contributed by atoms with van der Waals surface area (Å²) in [6.07, 6.45) is 2.03. The van der Waals surface area contributed by atoms with Crippen LogP contribution in [0.4, 0.5) is 0 Å². The first kappa shape index (κ1) is 11.5. The Morgan fingerprint density at radius 1 is 1.12 bits per heavy atom. The maximum atomic E-state index is 9.42. The zero-order valence-corrected chi connectivity index (χ0v) is 10.1. The lowest BCUT2D eigenvalue weighted by Crippen LogP contribution is -1.93. The highest BCUT2D eigenvalue weighted by Crippen LogP contribution is 2.24. The number of rotatable bonds is 3. The van der Waals surface area contributed by atoms with Gasteiger partial charge in [-0.25, -0.2) is 0 Å². The van der Waals surface area contributed by atoms with Gasteiger partial charge < -0.3 is 9.84 Å². The quantitative estimate of drug-likeness (QED) is 0.807. The van der Waals surface area contributed by atoms with Gasteiger partial charge >= 0.3 is 0 Å². The summed E-state index contributed by atoms with van der Waals surface area (Å²) in [5.41, 5.74) is 1.24. The Balaban J connectivity index is 2.22. The molecule has 2 aromatic rings. The van der Waals surface area contributed by atoms with E-state index in [0.29, 0.717) is 6.61 Å². The summed E-state index contributed by atoms with van der Waals surface area (Å²) in [5.74, 6) is 1.10. The third-order valence-electron chi connectivity index (χ3n) is 2.54. The van der Waals surface area contributed by atoms with Gasteiger partial charge in [0.05, 0.1) is 0 Å². The van der Waals surface area contributed by atoms with E-state index in [0.717, 1.165) is 16.5 Å². The molecule has 2 rings (SSSR count). The molecule has 0 bridgehead atoms. The van der Waals surface area contributed by atoms with Crippen LogP contribution in [0.15, 0.2) is 48.0 Å².